The lowest BCUT2D eigenvalue weighted by Crippen LogP contribution is -2.15. The number of nitrogens with zero attached hydrogens (tertiary/aromatic N) is 3. The van der Waals surface area contributed by atoms with Gasteiger partial charge in [-0.05, 0) is 22.4 Å². The molecule has 0 radical (unpaired) electrons. The van der Waals surface area contributed by atoms with Crippen LogP contribution in [0.25, 0.3) is 0 Å². The van der Waals surface area contributed by atoms with Crippen molar-refractivity contribution >= 4 is 23.1 Å². The number of aromatic nitrogens is 2. The fourth-order valence-electron chi connectivity index (χ4n) is 1.42. The Labute approximate surface area is 102 Å². The second-order valence-corrected chi connectivity index (χ2v) is 4.31. The van der Waals surface area contributed by atoms with Gasteiger partial charge in [0.25, 0.3) is 0 Å². The van der Waals surface area contributed by atoms with E-state index in [1.807, 2.05) is 22.9 Å². The normalized spacial score (nSPS) is 9.88. The van der Waals surface area contributed by atoms with Crippen LogP contribution in [0, 0.1) is 11.3 Å². The smallest absolute Gasteiger partial charge is 0.230 e. The number of nitriles is 1. The first kappa shape index (κ1) is 11.4. The number of amides is 1. The SMILES string of the molecule is Cn1cc(C#N)c(NC(=O)Cc2ccsc2)n1. The van der Waals surface area contributed by atoms with E-state index in [1.54, 1.807) is 24.6 Å². The third-order valence-electron chi connectivity index (χ3n) is 2.15. The molecule has 0 bridgehead atoms. The first-order chi connectivity index (χ1) is 8.19. The van der Waals surface area contributed by atoms with Crippen molar-refractivity contribution in [2.75, 3.05) is 5.32 Å². The van der Waals surface area contributed by atoms with Crippen molar-refractivity contribution in [3.8, 4) is 6.07 Å². The zero-order chi connectivity index (χ0) is 12.3. The Balaban J connectivity index is 2.06. The van der Waals surface area contributed by atoms with Gasteiger partial charge in [0.1, 0.15) is 11.6 Å². The Bertz CT molecular complexity index is 565. The van der Waals surface area contributed by atoms with E-state index in [9.17, 15) is 4.79 Å². The molecule has 0 unspecified atom stereocenters. The summed E-state index contributed by atoms with van der Waals surface area (Å²) in [7, 11) is 1.70. The largest absolute Gasteiger partial charge is 0.308 e. The Kier molecular flexibility index (Phi) is 3.21. The maximum Gasteiger partial charge on any atom is 0.230 e. The van der Waals surface area contributed by atoms with Gasteiger partial charge in [-0.2, -0.15) is 21.7 Å². The van der Waals surface area contributed by atoms with Crippen molar-refractivity contribution in [1.82, 2.24) is 9.78 Å². The average Bonchev–Trinajstić information content (AvgIpc) is 2.88. The third-order valence-corrected chi connectivity index (χ3v) is 2.88. The van der Waals surface area contributed by atoms with Crippen molar-refractivity contribution in [1.29, 1.82) is 5.26 Å². The summed E-state index contributed by atoms with van der Waals surface area (Å²) in [6.07, 6.45) is 1.87. The molecule has 0 aliphatic rings. The van der Waals surface area contributed by atoms with Crippen LogP contribution in [0.5, 0.6) is 0 Å². The molecule has 0 fully saturated rings. The van der Waals surface area contributed by atoms with Crippen LogP contribution in [0.4, 0.5) is 5.82 Å². The minimum Gasteiger partial charge on any atom is -0.308 e. The van der Waals surface area contributed by atoms with E-state index in [4.69, 9.17) is 5.26 Å². The van der Waals surface area contributed by atoms with Crippen molar-refractivity contribution < 1.29 is 4.79 Å². The molecule has 6 heteroatoms. The van der Waals surface area contributed by atoms with Gasteiger partial charge in [0.2, 0.25) is 5.91 Å². The van der Waals surface area contributed by atoms with Gasteiger partial charge in [-0.15, -0.1) is 0 Å². The number of carbonyl (C=O) groups is 1. The summed E-state index contributed by atoms with van der Waals surface area (Å²) >= 11 is 1.55. The number of anilines is 1. The highest BCUT2D eigenvalue weighted by molar-refractivity contribution is 7.08. The number of thiophene rings is 1. The minimum absolute atomic E-state index is 0.168. The molecule has 0 saturated carbocycles. The van der Waals surface area contributed by atoms with E-state index >= 15 is 0 Å². The molecule has 0 aliphatic carbocycles. The maximum atomic E-state index is 11.7. The predicted molar refractivity (Wildman–Crippen MR) is 64.6 cm³/mol. The first-order valence-corrected chi connectivity index (χ1v) is 5.88. The van der Waals surface area contributed by atoms with E-state index in [1.165, 1.54) is 4.68 Å². The van der Waals surface area contributed by atoms with Crippen molar-refractivity contribution in [2.45, 2.75) is 6.42 Å². The highest BCUT2D eigenvalue weighted by Gasteiger charge is 2.11. The highest BCUT2D eigenvalue weighted by Crippen LogP contribution is 2.12. The fraction of sp³-hybridized carbons (Fsp3) is 0.182. The molecule has 0 spiro atoms. The predicted octanol–water partition coefficient (Wildman–Crippen LogP) is 1.53. The Morgan fingerprint density at radius 2 is 2.53 bits per heavy atom. The molecule has 1 N–H and O–H groups in total. The van der Waals surface area contributed by atoms with Gasteiger partial charge in [-0.25, -0.2) is 0 Å². The van der Waals surface area contributed by atoms with E-state index in [0.717, 1.165) is 5.56 Å². The molecule has 0 aromatic carbocycles. The van der Waals surface area contributed by atoms with Gasteiger partial charge in [0.15, 0.2) is 5.82 Å². The monoisotopic (exact) mass is 246 g/mol. The van der Waals surface area contributed by atoms with Crippen LogP contribution in [0.15, 0.2) is 23.0 Å². The Hall–Kier alpha value is -2.13. The topological polar surface area (TPSA) is 70.7 Å². The van der Waals surface area contributed by atoms with Crippen LogP contribution >= 0.6 is 11.3 Å². The second-order valence-electron chi connectivity index (χ2n) is 3.53. The molecule has 2 aromatic heterocycles. The lowest BCUT2D eigenvalue weighted by atomic mass is 10.2. The first-order valence-electron chi connectivity index (χ1n) is 4.93. The van der Waals surface area contributed by atoms with Gasteiger partial charge in [-0.3, -0.25) is 9.48 Å². The summed E-state index contributed by atoms with van der Waals surface area (Å²) < 4.78 is 1.50. The highest BCUT2D eigenvalue weighted by atomic mass is 32.1. The number of hydrogen-bond donors (Lipinski definition) is 1. The molecule has 2 rings (SSSR count). The number of aryl methyl sites for hydroxylation is 1. The molecular formula is C11H10N4OS. The van der Waals surface area contributed by atoms with Gasteiger partial charge in [0, 0.05) is 13.2 Å². The van der Waals surface area contributed by atoms with Crippen LogP contribution in [0.3, 0.4) is 0 Å². The molecule has 2 aromatic rings. The molecule has 1 amide bonds. The minimum atomic E-state index is -0.168. The molecular weight excluding hydrogens is 236 g/mol. The summed E-state index contributed by atoms with van der Waals surface area (Å²) in [6.45, 7) is 0. The van der Waals surface area contributed by atoms with Gasteiger partial charge in [0.05, 0.1) is 6.42 Å². The lowest BCUT2D eigenvalue weighted by Gasteiger charge is -2.00. The number of rotatable bonds is 3. The average molecular weight is 246 g/mol. The van der Waals surface area contributed by atoms with E-state index in [2.05, 4.69) is 10.4 Å². The molecule has 0 atom stereocenters. The van der Waals surface area contributed by atoms with Gasteiger partial charge >= 0.3 is 0 Å². The number of nitrogens with one attached hydrogen (secondary N) is 1. The quantitative estimate of drug-likeness (QED) is 0.892. The van der Waals surface area contributed by atoms with E-state index < -0.39 is 0 Å². The van der Waals surface area contributed by atoms with Crippen molar-refractivity contribution in [2.24, 2.45) is 7.05 Å². The summed E-state index contributed by atoms with van der Waals surface area (Å²) in [6, 6.07) is 3.88. The van der Waals surface area contributed by atoms with Crippen LogP contribution < -0.4 is 5.32 Å². The molecule has 86 valence electrons. The molecule has 0 saturated heterocycles. The van der Waals surface area contributed by atoms with Crippen LogP contribution in [-0.4, -0.2) is 15.7 Å². The molecule has 5 nitrogen and oxygen atoms in total. The summed E-state index contributed by atoms with van der Waals surface area (Å²) in [5, 5.41) is 19.3. The van der Waals surface area contributed by atoms with E-state index in [0.29, 0.717) is 17.8 Å². The van der Waals surface area contributed by atoms with Crippen molar-refractivity contribution in [3.63, 3.8) is 0 Å². The van der Waals surface area contributed by atoms with Crippen molar-refractivity contribution in [3.05, 3.63) is 34.2 Å². The van der Waals surface area contributed by atoms with E-state index in [-0.39, 0.29) is 5.91 Å². The van der Waals surface area contributed by atoms with Gasteiger partial charge in [-0.1, -0.05) is 0 Å². The standard InChI is InChI=1S/C11H10N4OS/c1-15-6-9(5-12)11(14-15)13-10(16)4-8-2-3-17-7-8/h2-3,6-7H,4H2,1H3,(H,13,14,16). The number of hydrogen-bond acceptors (Lipinski definition) is 4. The van der Waals surface area contributed by atoms with Gasteiger partial charge < -0.3 is 5.32 Å². The Morgan fingerprint density at radius 1 is 1.71 bits per heavy atom. The fourth-order valence-corrected chi connectivity index (χ4v) is 2.09. The summed E-state index contributed by atoms with van der Waals surface area (Å²) in [5.74, 6) is 0.147. The van der Waals surface area contributed by atoms with Crippen LogP contribution in [0.1, 0.15) is 11.1 Å². The van der Waals surface area contributed by atoms with Crippen LogP contribution in [-0.2, 0) is 18.3 Å². The molecule has 2 heterocycles. The zero-order valence-electron chi connectivity index (χ0n) is 9.17. The second kappa shape index (κ2) is 4.80. The van der Waals surface area contributed by atoms with Crippen LogP contribution in [0.2, 0.25) is 0 Å². The lowest BCUT2D eigenvalue weighted by molar-refractivity contribution is -0.115. The summed E-state index contributed by atoms with van der Waals surface area (Å²) in [4.78, 5) is 11.7. The molecule has 17 heavy (non-hydrogen) atoms. The zero-order valence-corrected chi connectivity index (χ0v) is 9.99. The number of carbonyl (C=O) groups excluding carboxylic acids is 1. The molecule has 0 aliphatic heterocycles. The maximum absolute atomic E-state index is 11.7. The Morgan fingerprint density at radius 3 is 3.18 bits per heavy atom. The third kappa shape index (κ3) is 2.71. The summed E-state index contributed by atoms with van der Waals surface area (Å²) in [5.41, 5.74) is 1.33.